The van der Waals surface area contributed by atoms with Crippen molar-refractivity contribution in [3.05, 3.63) is 60.4 Å². The molecular weight excluding hydrogens is 521 g/mol. The maximum atomic E-state index is 12.4. The fourth-order valence-corrected chi connectivity index (χ4v) is 4.15. The standard InChI is InChI=1S/C26H27F3N4O6/c1-15-20(34-2)21(35-3)22(36-4)25(37-15)39-32-13-16-5-7-17(8-6-16)23-30-14-31-24(33-23)18-9-11-19(12-10-18)38-26(27,28)29/h5-15,20-22,25H,1-4H3/b32-13+/t15-,20-,21+,22+,25-/m0/s1. The van der Waals surface area contributed by atoms with Crippen LogP contribution in [0.4, 0.5) is 13.2 Å². The quantitative estimate of drug-likeness (QED) is 0.287. The molecule has 1 aromatic heterocycles. The van der Waals surface area contributed by atoms with Crippen molar-refractivity contribution in [1.82, 2.24) is 15.0 Å². The average molecular weight is 549 g/mol. The Balaban J connectivity index is 1.41. The zero-order chi connectivity index (χ0) is 28.0. The third-order valence-electron chi connectivity index (χ3n) is 6.00. The number of hydrogen-bond donors (Lipinski definition) is 0. The first-order valence-corrected chi connectivity index (χ1v) is 11.8. The van der Waals surface area contributed by atoms with E-state index in [4.69, 9.17) is 23.8 Å². The van der Waals surface area contributed by atoms with Crippen molar-refractivity contribution in [2.75, 3.05) is 21.3 Å². The molecule has 1 aliphatic rings. The second kappa shape index (κ2) is 12.5. The molecule has 0 bridgehead atoms. The molecule has 1 saturated heterocycles. The summed E-state index contributed by atoms with van der Waals surface area (Å²) in [7, 11) is 4.69. The highest BCUT2D eigenvalue weighted by atomic mass is 19.4. The van der Waals surface area contributed by atoms with Crippen molar-refractivity contribution >= 4 is 6.21 Å². The van der Waals surface area contributed by atoms with Gasteiger partial charge in [0, 0.05) is 32.5 Å². The maximum Gasteiger partial charge on any atom is 0.573 e. The lowest BCUT2D eigenvalue weighted by Gasteiger charge is -2.42. The smallest absolute Gasteiger partial charge is 0.406 e. The second-order valence-corrected chi connectivity index (χ2v) is 8.48. The number of hydrogen-bond acceptors (Lipinski definition) is 10. The monoisotopic (exact) mass is 548 g/mol. The Bertz CT molecular complexity index is 1240. The van der Waals surface area contributed by atoms with Crippen LogP contribution in [0.25, 0.3) is 22.8 Å². The molecule has 0 radical (unpaired) electrons. The van der Waals surface area contributed by atoms with E-state index in [2.05, 4.69) is 24.8 Å². The highest BCUT2D eigenvalue weighted by Gasteiger charge is 2.46. The van der Waals surface area contributed by atoms with Gasteiger partial charge in [0.2, 0.25) is 0 Å². The molecule has 0 unspecified atom stereocenters. The van der Waals surface area contributed by atoms with Crippen molar-refractivity contribution in [1.29, 1.82) is 0 Å². The molecule has 0 amide bonds. The number of rotatable bonds is 9. The molecular formula is C26H27F3N4O6. The van der Waals surface area contributed by atoms with Gasteiger partial charge in [0.1, 0.15) is 24.3 Å². The van der Waals surface area contributed by atoms with Crippen molar-refractivity contribution in [3.8, 4) is 28.5 Å². The Morgan fingerprint density at radius 1 is 0.821 bits per heavy atom. The number of halogens is 3. The van der Waals surface area contributed by atoms with Gasteiger partial charge in [0.25, 0.3) is 6.29 Å². The van der Waals surface area contributed by atoms with E-state index in [0.717, 1.165) is 5.56 Å². The molecule has 0 aliphatic carbocycles. The summed E-state index contributed by atoms with van der Waals surface area (Å²) < 4.78 is 63.5. The summed E-state index contributed by atoms with van der Waals surface area (Å²) in [6.07, 6.45) is -4.29. The second-order valence-electron chi connectivity index (χ2n) is 8.48. The summed E-state index contributed by atoms with van der Waals surface area (Å²) in [5, 5.41) is 4.05. The van der Waals surface area contributed by atoms with Crippen LogP contribution < -0.4 is 4.74 Å². The summed E-state index contributed by atoms with van der Waals surface area (Å²) >= 11 is 0. The van der Waals surface area contributed by atoms with E-state index >= 15 is 0 Å². The minimum atomic E-state index is -4.76. The van der Waals surface area contributed by atoms with Crippen molar-refractivity contribution in [2.24, 2.45) is 5.16 Å². The number of nitrogens with zero attached hydrogens (tertiary/aromatic N) is 4. The molecule has 208 valence electrons. The number of oxime groups is 1. The maximum absolute atomic E-state index is 12.4. The zero-order valence-electron chi connectivity index (χ0n) is 21.5. The number of ether oxygens (including phenoxy) is 5. The van der Waals surface area contributed by atoms with E-state index < -0.39 is 24.9 Å². The van der Waals surface area contributed by atoms with Gasteiger partial charge < -0.3 is 28.5 Å². The van der Waals surface area contributed by atoms with Gasteiger partial charge in [0.15, 0.2) is 17.8 Å². The lowest BCUT2D eigenvalue weighted by Crippen LogP contribution is -2.59. The molecule has 3 aromatic rings. The first-order chi connectivity index (χ1) is 18.7. The lowest BCUT2D eigenvalue weighted by atomic mass is 9.99. The molecule has 39 heavy (non-hydrogen) atoms. The largest absolute Gasteiger partial charge is 0.573 e. The Kier molecular flexibility index (Phi) is 9.07. The Hall–Kier alpha value is -3.65. The Labute approximate surface area is 222 Å². The molecule has 1 aliphatic heterocycles. The molecule has 13 heteroatoms. The van der Waals surface area contributed by atoms with Gasteiger partial charge in [-0.05, 0) is 36.8 Å². The molecule has 0 N–H and O–H groups in total. The van der Waals surface area contributed by atoms with Gasteiger partial charge in [-0.1, -0.05) is 29.4 Å². The van der Waals surface area contributed by atoms with E-state index in [1.807, 2.05) is 6.92 Å². The van der Waals surface area contributed by atoms with Crippen LogP contribution in [0.5, 0.6) is 5.75 Å². The van der Waals surface area contributed by atoms with Gasteiger partial charge in [-0.15, -0.1) is 13.2 Å². The van der Waals surface area contributed by atoms with E-state index in [-0.39, 0.29) is 18.0 Å². The van der Waals surface area contributed by atoms with Gasteiger partial charge >= 0.3 is 6.36 Å². The van der Waals surface area contributed by atoms with E-state index in [0.29, 0.717) is 22.8 Å². The fourth-order valence-electron chi connectivity index (χ4n) is 4.15. The highest BCUT2D eigenvalue weighted by molar-refractivity contribution is 5.80. The van der Waals surface area contributed by atoms with E-state index in [9.17, 15) is 13.2 Å². The number of methoxy groups -OCH3 is 3. The van der Waals surface area contributed by atoms with Crippen LogP contribution in [0.2, 0.25) is 0 Å². The van der Waals surface area contributed by atoms with Crippen molar-refractivity contribution in [3.63, 3.8) is 0 Å². The molecule has 2 heterocycles. The zero-order valence-corrected chi connectivity index (χ0v) is 21.5. The van der Waals surface area contributed by atoms with E-state index in [1.54, 1.807) is 38.5 Å². The summed E-state index contributed by atoms with van der Waals surface area (Å²) in [5.74, 6) is 0.361. The molecule has 0 saturated carbocycles. The number of benzene rings is 2. The lowest BCUT2D eigenvalue weighted by molar-refractivity contribution is -0.305. The van der Waals surface area contributed by atoms with Crippen LogP contribution >= 0.6 is 0 Å². The van der Waals surface area contributed by atoms with Gasteiger partial charge in [-0.25, -0.2) is 15.0 Å². The molecule has 5 atom stereocenters. The van der Waals surface area contributed by atoms with Gasteiger partial charge in [-0.3, -0.25) is 0 Å². The molecule has 0 spiro atoms. The minimum absolute atomic E-state index is 0.303. The van der Waals surface area contributed by atoms with Crippen LogP contribution in [0.3, 0.4) is 0 Å². The summed E-state index contributed by atoms with van der Waals surface area (Å²) in [6, 6.07) is 12.5. The SMILES string of the molecule is CO[C@@H]1[C@@H](OC)[C@H](C)O[C@@H](O/N=C/c2ccc(-c3ncnc(-c4ccc(OC(F)(F)F)cc4)n3)cc2)[C@@H]1OC. The van der Waals surface area contributed by atoms with Crippen molar-refractivity contribution < 1.29 is 41.7 Å². The molecule has 10 nitrogen and oxygen atoms in total. The van der Waals surface area contributed by atoms with E-state index in [1.165, 1.54) is 43.9 Å². The number of alkyl halides is 3. The highest BCUT2D eigenvalue weighted by Crippen LogP contribution is 2.28. The summed E-state index contributed by atoms with van der Waals surface area (Å²) in [5.41, 5.74) is 1.95. The third kappa shape index (κ3) is 7.06. The predicted octanol–water partition coefficient (Wildman–Crippen LogP) is 4.24. The first kappa shape index (κ1) is 28.4. The molecule has 4 rings (SSSR count). The van der Waals surface area contributed by atoms with Gasteiger partial charge in [0.05, 0.1) is 12.3 Å². The van der Waals surface area contributed by atoms with Crippen LogP contribution in [-0.2, 0) is 23.8 Å². The van der Waals surface area contributed by atoms with Crippen LogP contribution in [0.1, 0.15) is 12.5 Å². The average Bonchev–Trinajstić information content (AvgIpc) is 2.92. The van der Waals surface area contributed by atoms with Gasteiger partial charge in [-0.2, -0.15) is 0 Å². The topological polar surface area (TPSA) is 106 Å². The third-order valence-corrected chi connectivity index (χ3v) is 6.00. The fraction of sp³-hybridized carbons (Fsp3) is 0.385. The van der Waals surface area contributed by atoms with Crippen LogP contribution in [0.15, 0.2) is 60.0 Å². The van der Waals surface area contributed by atoms with Crippen LogP contribution in [0, 0.1) is 0 Å². The molecule has 2 aromatic carbocycles. The van der Waals surface area contributed by atoms with Crippen LogP contribution in [-0.4, -0.2) is 79.6 Å². The Morgan fingerprint density at radius 2 is 1.38 bits per heavy atom. The normalized spacial score (nSPS) is 23.6. The summed E-state index contributed by atoms with van der Waals surface area (Å²) in [6.45, 7) is 1.86. The number of aromatic nitrogens is 3. The first-order valence-electron chi connectivity index (χ1n) is 11.8. The summed E-state index contributed by atoms with van der Waals surface area (Å²) in [4.78, 5) is 18.3. The molecule has 1 fully saturated rings. The van der Waals surface area contributed by atoms with Crippen molar-refractivity contribution in [2.45, 2.75) is 44.0 Å². The predicted molar refractivity (Wildman–Crippen MR) is 133 cm³/mol. The minimum Gasteiger partial charge on any atom is -0.406 e. The Morgan fingerprint density at radius 3 is 1.92 bits per heavy atom.